The van der Waals surface area contributed by atoms with Gasteiger partial charge in [0.05, 0.1) is 23.9 Å². The summed E-state index contributed by atoms with van der Waals surface area (Å²) in [5.41, 5.74) is 4.09. The van der Waals surface area contributed by atoms with E-state index in [2.05, 4.69) is 5.32 Å². The van der Waals surface area contributed by atoms with Crippen molar-refractivity contribution in [3.05, 3.63) is 63.9 Å². The number of carbonyl (C=O) groups is 2. The Morgan fingerprint density at radius 1 is 1.25 bits per heavy atom. The van der Waals surface area contributed by atoms with Crippen LogP contribution in [0.25, 0.3) is 11.0 Å². The van der Waals surface area contributed by atoms with Crippen molar-refractivity contribution in [2.24, 2.45) is 0 Å². The number of carbonyl (C=O) groups excluding carboxylic acids is 2. The van der Waals surface area contributed by atoms with Gasteiger partial charge >= 0.3 is 5.97 Å². The summed E-state index contributed by atoms with van der Waals surface area (Å²) in [4.78, 5) is 24.2. The normalized spacial score (nSPS) is 10.5. The number of anilines is 1. The van der Waals surface area contributed by atoms with E-state index >= 15 is 0 Å². The first-order chi connectivity index (χ1) is 13.4. The molecule has 0 fully saturated rings. The summed E-state index contributed by atoms with van der Waals surface area (Å²) in [6, 6.07) is 10.3. The molecule has 1 N–H and O–H groups in total. The van der Waals surface area contributed by atoms with E-state index in [0.29, 0.717) is 10.6 Å². The van der Waals surface area contributed by atoms with Gasteiger partial charge in [-0.2, -0.15) is 5.26 Å². The molecule has 3 aromatic rings. The Labute approximate surface area is 166 Å². The van der Waals surface area contributed by atoms with Crippen LogP contribution in [0.4, 0.5) is 5.69 Å². The van der Waals surface area contributed by atoms with Gasteiger partial charge < -0.3 is 14.5 Å². The number of esters is 1. The number of nitrogens with one attached hydrogen (secondary N) is 1. The fraction of sp³-hybridized carbons (Fsp3) is 0.190. The first kappa shape index (κ1) is 19.5. The summed E-state index contributed by atoms with van der Waals surface area (Å²) >= 11 is 5.88. The highest BCUT2D eigenvalue weighted by molar-refractivity contribution is 6.31. The van der Waals surface area contributed by atoms with E-state index in [1.165, 1.54) is 18.4 Å². The van der Waals surface area contributed by atoms with Crippen LogP contribution in [0.2, 0.25) is 5.02 Å². The average Bonchev–Trinajstić information content (AvgIpc) is 3.06. The molecule has 0 saturated heterocycles. The van der Waals surface area contributed by atoms with Crippen LogP contribution in [0.5, 0.6) is 0 Å². The zero-order valence-corrected chi connectivity index (χ0v) is 16.1. The van der Waals surface area contributed by atoms with Gasteiger partial charge in [-0.25, -0.2) is 0 Å². The topological polar surface area (TPSA) is 92.3 Å². The first-order valence-electron chi connectivity index (χ1n) is 8.50. The van der Waals surface area contributed by atoms with Crippen molar-refractivity contribution in [3.8, 4) is 6.07 Å². The number of nitriles is 1. The van der Waals surface area contributed by atoms with E-state index in [9.17, 15) is 9.59 Å². The van der Waals surface area contributed by atoms with Gasteiger partial charge in [0.15, 0.2) is 6.61 Å². The van der Waals surface area contributed by atoms with Crippen LogP contribution in [0.15, 0.2) is 41.0 Å². The molecule has 0 spiro atoms. The van der Waals surface area contributed by atoms with Crippen LogP contribution >= 0.6 is 11.6 Å². The van der Waals surface area contributed by atoms with E-state index < -0.39 is 18.5 Å². The molecule has 0 bridgehead atoms. The Hall–Kier alpha value is -3.30. The van der Waals surface area contributed by atoms with Crippen molar-refractivity contribution in [2.45, 2.75) is 20.3 Å². The fourth-order valence-corrected chi connectivity index (χ4v) is 2.95. The molecule has 1 aromatic heterocycles. The Balaban J connectivity index is 1.61. The average molecular weight is 397 g/mol. The van der Waals surface area contributed by atoms with Crippen LogP contribution in [0.3, 0.4) is 0 Å². The van der Waals surface area contributed by atoms with E-state index in [4.69, 9.17) is 26.0 Å². The monoisotopic (exact) mass is 396 g/mol. The van der Waals surface area contributed by atoms with Crippen LogP contribution < -0.4 is 5.32 Å². The van der Waals surface area contributed by atoms with Gasteiger partial charge in [-0.3, -0.25) is 9.59 Å². The lowest BCUT2D eigenvalue weighted by Crippen LogP contribution is -2.22. The minimum atomic E-state index is -0.560. The Kier molecular flexibility index (Phi) is 5.67. The maximum atomic E-state index is 12.1. The molecule has 0 unspecified atom stereocenters. The number of aryl methyl sites for hydroxylation is 2. The summed E-state index contributed by atoms with van der Waals surface area (Å²) in [7, 11) is 0. The lowest BCUT2D eigenvalue weighted by atomic mass is 10.0. The highest BCUT2D eigenvalue weighted by Crippen LogP contribution is 2.27. The number of benzene rings is 2. The second-order valence-electron chi connectivity index (χ2n) is 6.33. The smallest absolute Gasteiger partial charge is 0.310 e. The van der Waals surface area contributed by atoms with E-state index in [0.717, 1.165) is 22.1 Å². The highest BCUT2D eigenvalue weighted by atomic mass is 35.5. The molecule has 2 aromatic carbocycles. The van der Waals surface area contributed by atoms with Crippen molar-refractivity contribution < 1.29 is 18.7 Å². The summed E-state index contributed by atoms with van der Waals surface area (Å²) in [6.45, 7) is 3.48. The Bertz CT molecular complexity index is 1110. The van der Waals surface area contributed by atoms with Crippen LogP contribution in [0, 0.1) is 25.2 Å². The molecular weight excluding hydrogens is 380 g/mol. The molecule has 7 heteroatoms. The SMILES string of the molecule is Cc1ccc2c(CC(=O)OCC(=O)Nc3cc(Cl)ccc3C#N)coc2c1C. The van der Waals surface area contributed by atoms with Crippen molar-refractivity contribution >= 4 is 40.1 Å². The fourth-order valence-electron chi connectivity index (χ4n) is 2.78. The molecule has 0 atom stereocenters. The second kappa shape index (κ2) is 8.15. The van der Waals surface area contributed by atoms with Gasteiger partial charge in [-0.15, -0.1) is 0 Å². The van der Waals surface area contributed by atoms with Gasteiger partial charge in [-0.1, -0.05) is 23.7 Å². The van der Waals surface area contributed by atoms with Gasteiger partial charge in [-0.05, 0) is 43.2 Å². The number of rotatable bonds is 5. The van der Waals surface area contributed by atoms with E-state index in [1.807, 2.05) is 32.0 Å². The van der Waals surface area contributed by atoms with Crippen molar-refractivity contribution in [2.75, 3.05) is 11.9 Å². The van der Waals surface area contributed by atoms with E-state index in [-0.39, 0.29) is 17.7 Å². The standard InChI is InChI=1S/C21H17ClN2O4/c1-12-3-6-17-15(10-28-21(17)13(12)2)7-20(26)27-11-19(25)24-18-8-16(22)5-4-14(18)9-23/h3-6,8,10H,7,11H2,1-2H3,(H,24,25). The number of ether oxygens (including phenoxy) is 1. The molecule has 0 radical (unpaired) electrons. The number of halogens is 1. The lowest BCUT2D eigenvalue weighted by molar-refractivity contribution is -0.146. The number of hydrogen-bond acceptors (Lipinski definition) is 5. The summed E-state index contributed by atoms with van der Waals surface area (Å²) < 4.78 is 10.6. The molecule has 1 heterocycles. The summed E-state index contributed by atoms with van der Waals surface area (Å²) in [6.07, 6.45) is 1.52. The third kappa shape index (κ3) is 4.16. The van der Waals surface area contributed by atoms with Gasteiger partial charge in [0, 0.05) is 16.0 Å². The van der Waals surface area contributed by atoms with Crippen molar-refractivity contribution in [3.63, 3.8) is 0 Å². The molecule has 28 heavy (non-hydrogen) atoms. The minimum absolute atomic E-state index is 0.0105. The first-order valence-corrected chi connectivity index (χ1v) is 8.88. The zero-order valence-electron chi connectivity index (χ0n) is 15.3. The van der Waals surface area contributed by atoms with Gasteiger partial charge in [0.2, 0.25) is 0 Å². The third-order valence-electron chi connectivity index (χ3n) is 4.42. The van der Waals surface area contributed by atoms with Crippen LogP contribution in [-0.4, -0.2) is 18.5 Å². The predicted molar refractivity (Wildman–Crippen MR) is 105 cm³/mol. The quantitative estimate of drug-likeness (QED) is 0.649. The number of hydrogen-bond donors (Lipinski definition) is 1. The maximum absolute atomic E-state index is 12.1. The van der Waals surface area contributed by atoms with Crippen LogP contribution in [-0.2, 0) is 20.7 Å². The predicted octanol–water partition coefficient (Wildman–Crippen LogP) is 4.30. The molecule has 1 amide bonds. The van der Waals surface area contributed by atoms with E-state index in [1.54, 1.807) is 6.07 Å². The Morgan fingerprint density at radius 2 is 2.04 bits per heavy atom. The minimum Gasteiger partial charge on any atom is -0.464 e. The zero-order chi connectivity index (χ0) is 20.3. The summed E-state index contributed by atoms with van der Waals surface area (Å²) in [5.74, 6) is -1.11. The van der Waals surface area contributed by atoms with Crippen molar-refractivity contribution in [1.82, 2.24) is 0 Å². The molecule has 0 saturated carbocycles. The molecular formula is C21H17ClN2O4. The number of amides is 1. The molecule has 0 aliphatic carbocycles. The maximum Gasteiger partial charge on any atom is 0.310 e. The molecule has 0 aliphatic rings. The van der Waals surface area contributed by atoms with Gasteiger partial charge in [0.1, 0.15) is 11.7 Å². The van der Waals surface area contributed by atoms with Crippen molar-refractivity contribution in [1.29, 1.82) is 5.26 Å². The van der Waals surface area contributed by atoms with Gasteiger partial charge in [0.25, 0.3) is 5.91 Å². The second-order valence-corrected chi connectivity index (χ2v) is 6.77. The largest absolute Gasteiger partial charge is 0.464 e. The lowest BCUT2D eigenvalue weighted by Gasteiger charge is -2.08. The molecule has 0 aliphatic heterocycles. The third-order valence-corrected chi connectivity index (χ3v) is 4.65. The molecule has 142 valence electrons. The van der Waals surface area contributed by atoms with Crippen LogP contribution in [0.1, 0.15) is 22.3 Å². The molecule has 6 nitrogen and oxygen atoms in total. The molecule has 3 rings (SSSR count). The number of nitrogens with zero attached hydrogens (tertiary/aromatic N) is 1. The Morgan fingerprint density at radius 3 is 2.79 bits per heavy atom. The summed E-state index contributed by atoms with van der Waals surface area (Å²) in [5, 5.41) is 12.8. The number of fused-ring (bicyclic) bond motifs is 1. The highest BCUT2D eigenvalue weighted by Gasteiger charge is 2.15. The number of furan rings is 1.